The molecule has 0 bridgehead atoms. The molecule has 0 aliphatic carbocycles. The van der Waals surface area contributed by atoms with Crippen molar-refractivity contribution in [3.8, 4) is 11.5 Å². The van der Waals surface area contributed by atoms with E-state index in [0.717, 1.165) is 35.5 Å². The van der Waals surface area contributed by atoms with Gasteiger partial charge in [-0.3, -0.25) is 4.90 Å². The molecule has 8 heteroatoms. The molecule has 0 radical (unpaired) electrons. The molecule has 0 aliphatic heterocycles. The minimum Gasteiger partial charge on any atom is -1.00 e. The van der Waals surface area contributed by atoms with Crippen LogP contribution in [0.1, 0.15) is 95.1 Å². The van der Waals surface area contributed by atoms with Gasteiger partial charge in [0, 0.05) is 18.3 Å². The van der Waals surface area contributed by atoms with E-state index in [1.165, 1.54) is 70.6 Å². The van der Waals surface area contributed by atoms with Crippen molar-refractivity contribution >= 4 is 23.1 Å². The lowest BCUT2D eigenvalue weighted by atomic mass is 10.1. The van der Waals surface area contributed by atoms with Gasteiger partial charge in [0.1, 0.15) is 0 Å². The molecular formula is C34H50BrN3O3S. The number of amides is 2. The molecule has 0 atom stereocenters. The summed E-state index contributed by atoms with van der Waals surface area (Å²) < 4.78 is 13.9. The summed E-state index contributed by atoms with van der Waals surface area (Å²) in [6, 6.07) is 13.9. The van der Waals surface area contributed by atoms with Crippen LogP contribution in [0.4, 0.5) is 10.5 Å². The summed E-state index contributed by atoms with van der Waals surface area (Å²) in [6.07, 6.45) is 18.0. The van der Waals surface area contributed by atoms with Gasteiger partial charge in [0.25, 0.3) is 0 Å². The molecule has 0 spiro atoms. The van der Waals surface area contributed by atoms with E-state index in [2.05, 4.69) is 46.0 Å². The van der Waals surface area contributed by atoms with E-state index in [1.54, 1.807) is 30.4 Å². The standard InChI is InChI=1S/C34H49N3O3S.BrH/c1-4-5-6-7-8-9-10-11-12-13-14-15-22-40-32-20-19-30(25-33(32)39-3)27-37(34(38)35-2)31-18-16-17-29(24-31)26-36-21-23-41-28-36;/h16-21,23-25,28H,4-15,22,26-27H2,1-3H3;1H. The second-order valence-electron chi connectivity index (χ2n) is 10.7. The predicted octanol–water partition coefficient (Wildman–Crippen LogP) is 5.52. The van der Waals surface area contributed by atoms with Crippen molar-refractivity contribution in [3.63, 3.8) is 0 Å². The highest BCUT2D eigenvalue weighted by atomic mass is 79.9. The minimum atomic E-state index is -0.156. The number of thiazole rings is 1. The molecular weight excluding hydrogens is 610 g/mol. The number of anilines is 1. The monoisotopic (exact) mass is 659 g/mol. The number of ether oxygens (including phenoxy) is 2. The van der Waals surface area contributed by atoms with E-state index in [1.807, 2.05) is 30.3 Å². The number of hydrogen-bond acceptors (Lipinski definition) is 4. The van der Waals surface area contributed by atoms with Crippen LogP contribution in [0.15, 0.2) is 59.6 Å². The van der Waals surface area contributed by atoms with Crippen LogP contribution in [-0.2, 0) is 13.1 Å². The van der Waals surface area contributed by atoms with Gasteiger partial charge in [-0.05, 0) is 36.2 Å². The van der Waals surface area contributed by atoms with Crippen LogP contribution in [0.3, 0.4) is 0 Å². The molecule has 2 amide bonds. The first-order valence-electron chi connectivity index (χ1n) is 15.4. The Hall–Kier alpha value is -2.58. The van der Waals surface area contributed by atoms with Gasteiger partial charge < -0.3 is 31.8 Å². The molecule has 0 unspecified atom stereocenters. The van der Waals surface area contributed by atoms with Crippen molar-refractivity contribution in [2.24, 2.45) is 0 Å². The first-order chi connectivity index (χ1) is 20.1. The van der Waals surface area contributed by atoms with Crippen LogP contribution in [-0.4, -0.2) is 26.8 Å². The van der Waals surface area contributed by atoms with Gasteiger partial charge in [0.2, 0.25) is 5.51 Å². The van der Waals surface area contributed by atoms with Gasteiger partial charge in [0.15, 0.2) is 24.2 Å². The second kappa shape index (κ2) is 21.2. The number of halogens is 1. The molecule has 3 rings (SSSR count). The molecule has 0 saturated heterocycles. The lowest BCUT2D eigenvalue weighted by Crippen LogP contribution is -3.00. The molecule has 1 aromatic heterocycles. The number of urea groups is 1. The number of hydrogen-bond donors (Lipinski definition) is 1. The maximum atomic E-state index is 12.9. The Kier molecular flexibility index (Phi) is 17.9. The molecule has 0 aliphatic rings. The summed E-state index contributed by atoms with van der Waals surface area (Å²) in [5.74, 6) is 1.45. The summed E-state index contributed by atoms with van der Waals surface area (Å²) in [6.45, 7) is 4.14. The Balaban J connectivity index is 0.00000616. The summed E-state index contributed by atoms with van der Waals surface area (Å²) in [7, 11) is 3.32. The number of carbonyl (C=O) groups is 1. The van der Waals surface area contributed by atoms with E-state index < -0.39 is 0 Å². The summed E-state index contributed by atoms with van der Waals surface area (Å²) in [5, 5.41) is 4.84. The molecule has 2 aromatic carbocycles. The van der Waals surface area contributed by atoms with Crippen molar-refractivity contribution in [2.45, 2.75) is 97.1 Å². The zero-order valence-corrected chi connectivity index (χ0v) is 28.2. The number of nitrogens with one attached hydrogen (secondary N) is 1. The summed E-state index contributed by atoms with van der Waals surface area (Å²) in [4.78, 5) is 14.6. The van der Waals surface area contributed by atoms with Crippen LogP contribution < -0.4 is 41.2 Å². The zero-order chi connectivity index (χ0) is 29.1. The lowest BCUT2D eigenvalue weighted by molar-refractivity contribution is -0.683. The quantitative estimate of drug-likeness (QED) is 0.128. The zero-order valence-electron chi connectivity index (χ0n) is 25.8. The second-order valence-corrected chi connectivity index (χ2v) is 11.5. The molecule has 1 N–H and O–H groups in total. The molecule has 0 fully saturated rings. The van der Waals surface area contributed by atoms with Crippen LogP contribution in [0.5, 0.6) is 11.5 Å². The largest absolute Gasteiger partial charge is 1.00 e. The lowest BCUT2D eigenvalue weighted by Gasteiger charge is -2.23. The number of nitrogens with zero attached hydrogens (tertiary/aromatic N) is 2. The SMILES string of the molecule is CCCCCCCCCCCCCCOc1ccc(CN(C(=O)NC)c2cccc(C[n+]3ccsc3)c2)cc1OC.[Br-]. The number of benzene rings is 2. The van der Waals surface area contributed by atoms with Crippen molar-refractivity contribution in [2.75, 3.05) is 25.7 Å². The van der Waals surface area contributed by atoms with Gasteiger partial charge >= 0.3 is 6.03 Å². The Morgan fingerprint density at radius 1 is 0.881 bits per heavy atom. The first kappa shape index (κ1) is 35.6. The normalized spacial score (nSPS) is 10.6. The maximum absolute atomic E-state index is 12.9. The van der Waals surface area contributed by atoms with Gasteiger partial charge in [-0.15, -0.1) is 0 Å². The highest BCUT2D eigenvalue weighted by molar-refractivity contribution is 7.07. The highest BCUT2D eigenvalue weighted by Crippen LogP contribution is 2.30. The smallest absolute Gasteiger partial charge is 0.321 e. The van der Waals surface area contributed by atoms with Gasteiger partial charge in [-0.2, -0.15) is 4.57 Å². The predicted molar refractivity (Wildman–Crippen MR) is 170 cm³/mol. The van der Waals surface area contributed by atoms with Crippen molar-refractivity contribution in [3.05, 3.63) is 70.7 Å². The molecule has 42 heavy (non-hydrogen) atoms. The van der Waals surface area contributed by atoms with E-state index >= 15 is 0 Å². The Morgan fingerprint density at radius 2 is 1.57 bits per heavy atom. The van der Waals surface area contributed by atoms with Crippen molar-refractivity contribution in [1.82, 2.24) is 5.32 Å². The Morgan fingerprint density at radius 3 is 2.19 bits per heavy atom. The van der Waals surface area contributed by atoms with E-state index in [4.69, 9.17) is 9.47 Å². The van der Waals surface area contributed by atoms with E-state index in [0.29, 0.717) is 18.9 Å². The maximum Gasteiger partial charge on any atom is 0.321 e. The molecule has 0 saturated carbocycles. The number of methoxy groups -OCH3 is 1. The Bertz CT molecular complexity index is 1140. The summed E-state index contributed by atoms with van der Waals surface area (Å²) in [5.41, 5.74) is 5.04. The number of carbonyl (C=O) groups excluding carboxylic acids is 1. The number of aromatic nitrogens is 1. The first-order valence-corrected chi connectivity index (χ1v) is 16.4. The van der Waals surface area contributed by atoms with Gasteiger partial charge in [-0.1, -0.05) is 107 Å². The van der Waals surface area contributed by atoms with Crippen molar-refractivity contribution < 1.29 is 35.8 Å². The highest BCUT2D eigenvalue weighted by Gasteiger charge is 2.17. The fourth-order valence-electron chi connectivity index (χ4n) is 5.04. The third kappa shape index (κ3) is 12.7. The fourth-order valence-corrected chi connectivity index (χ4v) is 5.64. The summed E-state index contributed by atoms with van der Waals surface area (Å²) >= 11 is 1.66. The molecule has 1 heterocycles. The average molecular weight is 661 g/mol. The molecule has 232 valence electrons. The minimum absolute atomic E-state index is 0. The third-order valence-electron chi connectivity index (χ3n) is 7.40. The van der Waals surface area contributed by atoms with Crippen LogP contribution in [0.2, 0.25) is 0 Å². The van der Waals surface area contributed by atoms with Crippen LogP contribution >= 0.6 is 11.3 Å². The van der Waals surface area contributed by atoms with Crippen molar-refractivity contribution in [1.29, 1.82) is 0 Å². The molecule has 3 aromatic rings. The Labute approximate surface area is 268 Å². The fraction of sp³-hybridized carbons (Fsp3) is 0.529. The van der Waals surface area contributed by atoms with Crippen LogP contribution in [0.25, 0.3) is 0 Å². The number of rotatable bonds is 20. The third-order valence-corrected chi connectivity index (χ3v) is 8.07. The van der Waals surface area contributed by atoms with E-state index in [9.17, 15) is 4.79 Å². The molecule has 6 nitrogen and oxygen atoms in total. The average Bonchev–Trinajstić information content (AvgIpc) is 3.51. The van der Waals surface area contributed by atoms with E-state index in [-0.39, 0.29) is 23.0 Å². The van der Waals surface area contributed by atoms with Crippen LogP contribution in [0, 0.1) is 0 Å². The van der Waals surface area contributed by atoms with Gasteiger partial charge in [0.05, 0.1) is 25.6 Å². The number of unbranched alkanes of at least 4 members (excludes halogenated alkanes) is 11. The van der Waals surface area contributed by atoms with Gasteiger partial charge in [-0.25, -0.2) is 4.79 Å². The topological polar surface area (TPSA) is 54.7 Å².